The van der Waals surface area contributed by atoms with Gasteiger partial charge in [-0.2, -0.15) is 0 Å². The lowest BCUT2D eigenvalue weighted by atomic mass is 9.83. The maximum absolute atomic E-state index is 13.0. The van der Waals surface area contributed by atoms with E-state index in [1.165, 1.54) is 199 Å². The topological polar surface area (TPSA) is 77.5 Å². The molecule has 402 valence electrons. The molecule has 69 heavy (non-hydrogen) atoms. The van der Waals surface area contributed by atoms with Crippen LogP contribution in [0.3, 0.4) is 0 Å². The molecular weight excluding hydrogens is 857 g/mol. The number of rotatable bonds is 38. The molecule has 4 rings (SSSR count). The van der Waals surface area contributed by atoms with E-state index in [0.29, 0.717) is 13.2 Å². The van der Waals surface area contributed by atoms with Crippen LogP contribution in [0.15, 0.2) is 23.8 Å². The van der Waals surface area contributed by atoms with Gasteiger partial charge < -0.3 is 18.9 Å². The van der Waals surface area contributed by atoms with Crippen molar-refractivity contribution in [1.29, 1.82) is 0 Å². The molecule has 0 spiro atoms. The molecule has 4 heterocycles. The average molecular weight is 970 g/mol. The second-order valence-electron chi connectivity index (χ2n) is 22.7. The van der Waals surface area contributed by atoms with E-state index in [9.17, 15) is 9.59 Å². The second kappa shape index (κ2) is 39.1. The summed E-state index contributed by atoms with van der Waals surface area (Å²) in [6.45, 7) is 22.4. The van der Waals surface area contributed by atoms with Crippen molar-refractivity contribution in [2.45, 2.75) is 285 Å². The van der Waals surface area contributed by atoms with Crippen LogP contribution in [0.25, 0.3) is 0 Å². The minimum Gasteiger partial charge on any atom is -0.349 e. The van der Waals surface area contributed by atoms with Gasteiger partial charge in [0, 0.05) is 18.7 Å². The average Bonchev–Trinajstić information content (AvgIpc) is 3.34. The van der Waals surface area contributed by atoms with Crippen molar-refractivity contribution in [2.24, 2.45) is 17.8 Å². The second-order valence-corrected chi connectivity index (χ2v) is 22.7. The predicted octanol–water partition coefficient (Wildman–Crippen LogP) is 15.9. The summed E-state index contributed by atoms with van der Waals surface area (Å²) in [4.78, 5) is 30.7. The fourth-order valence-electron chi connectivity index (χ4n) is 10.7. The molecule has 8 heteroatoms. The van der Waals surface area contributed by atoms with E-state index in [0.717, 1.165) is 63.7 Å². The Morgan fingerprint density at radius 3 is 1.45 bits per heavy atom. The van der Waals surface area contributed by atoms with Crippen LogP contribution in [0, 0.1) is 17.8 Å². The summed E-state index contributed by atoms with van der Waals surface area (Å²) in [7, 11) is 0. The van der Waals surface area contributed by atoms with Crippen molar-refractivity contribution >= 4 is 11.6 Å². The summed E-state index contributed by atoms with van der Waals surface area (Å²) >= 11 is 0. The molecule has 4 aliphatic rings. The number of carbonyl (C=O) groups excluding carboxylic acids is 2. The van der Waals surface area contributed by atoms with Crippen LogP contribution in [0.2, 0.25) is 0 Å². The Hall–Kier alpha value is -1.42. The van der Waals surface area contributed by atoms with E-state index in [1.807, 2.05) is 12.2 Å². The van der Waals surface area contributed by atoms with E-state index in [-0.39, 0.29) is 35.8 Å². The molecule has 0 N–H and O–H groups in total. The quantitative estimate of drug-likeness (QED) is 0.0567. The Morgan fingerprint density at radius 1 is 0.580 bits per heavy atom. The summed E-state index contributed by atoms with van der Waals surface area (Å²) in [5.74, 6) is 1.33. The van der Waals surface area contributed by atoms with Gasteiger partial charge in [0.1, 0.15) is 11.7 Å². The molecule has 2 saturated heterocycles. The van der Waals surface area contributed by atoms with E-state index < -0.39 is 11.9 Å². The first-order valence-electron chi connectivity index (χ1n) is 30.1. The number of nitrogens with zero attached hydrogens (tertiary/aromatic N) is 2. The molecule has 0 amide bonds. The van der Waals surface area contributed by atoms with Gasteiger partial charge in [-0.05, 0) is 101 Å². The Morgan fingerprint density at radius 2 is 1.01 bits per heavy atom. The Labute approximate surface area is 427 Å². The molecular formula is C61H112N2O6. The highest BCUT2D eigenvalue weighted by Crippen LogP contribution is 2.33. The lowest BCUT2D eigenvalue weighted by Crippen LogP contribution is -2.58. The van der Waals surface area contributed by atoms with Crippen molar-refractivity contribution < 1.29 is 28.5 Å². The number of Topliss-reactive ketones (excluding diaryl/α,β-unsaturated/α-hetero) is 1. The van der Waals surface area contributed by atoms with Crippen LogP contribution >= 0.6 is 0 Å². The Balaban J connectivity index is 0.000000365. The molecule has 0 aromatic rings. The summed E-state index contributed by atoms with van der Waals surface area (Å²) in [5.41, 5.74) is 0.119. The number of likely N-dealkylation sites (tertiary alicyclic amines) is 2. The number of carbonyl (C=O) groups is 2. The molecule has 0 bridgehead atoms. The van der Waals surface area contributed by atoms with Crippen molar-refractivity contribution in [1.82, 2.24) is 9.80 Å². The van der Waals surface area contributed by atoms with Crippen LogP contribution in [0.5, 0.6) is 0 Å². The zero-order valence-corrected chi connectivity index (χ0v) is 46.5. The molecule has 4 atom stereocenters. The summed E-state index contributed by atoms with van der Waals surface area (Å²) in [6.07, 6.45) is 48.6. The van der Waals surface area contributed by atoms with Gasteiger partial charge >= 0.3 is 0 Å². The number of ketones is 2. The van der Waals surface area contributed by atoms with Crippen molar-refractivity contribution in [3.8, 4) is 0 Å². The number of unbranched alkanes of at least 4 members (excludes halogenated alkanes) is 26. The molecule has 0 aromatic heterocycles. The van der Waals surface area contributed by atoms with Gasteiger partial charge in [-0.3, -0.25) is 19.4 Å². The third kappa shape index (κ3) is 26.9. The summed E-state index contributed by atoms with van der Waals surface area (Å²) < 4.78 is 24.6. The highest BCUT2D eigenvalue weighted by Gasteiger charge is 2.47. The third-order valence-corrected chi connectivity index (χ3v) is 15.6. The highest BCUT2D eigenvalue weighted by atomic mass is 16.7. The minimum atomic E-state index is -0.782. The number of piperidine rings is 2. The first-order valence-corrected chi connectivity index (χ1v) is 30.1. The summed E-state index contributed by atoms with van der Waals surface area (Å²) in [5, 5.41) is 0. The van der Waals surface area contributed by atoms with Crippen LogP contribution in [-0.4, -0.2) is 98.1 Å². The number of hydrogen-bond donors (Lipinski definition) is 0. The third-order valence-electron chi connectivity index (χ3n) is 15.6. The summed E-state index contributed by atoms with van der Waals surface area (Å²) in [6, 6.07) is 0. The van der Waals surface area contributed by atoms with E-state index >= 15 is 0 Å². The van der Waals surface area contributed by atoms with Gasteiger partial charge in [0.15, 0.2) is 24.1 Å². The normalized spacial score (nSPS) is 23.0. The SMILES string of the molecule is CCCCCCCCCCCCCCCCOC1C=C(CN2CCCCC2)C(=O)C(C(C)C)O1.CCCCCCCCCCCCCCCCOC1C=CC(=O)C(CN2CCC(C)CC2)(C(C)C)O1. The van der Waals surface area contributed by atoms with E-state index in [4.69, 9.17) is 18.9 Å². The van der Waals surface area contributed by atoms with Gasteiger partial charge in [-0.15, -0.1) is 0 Å². The van der Waals surface area contributed by atoms with Crippen LogP contribution in [-0.2, 0) is 28.5 Å². The Kier molecular flexibility index (Phi) is 35.1. The standard InChI is InChI=1S/C31H57NO3.C30H55NO3/c1-5-6-7-8-9-10-11-12-13-14-15-16-17-18-25-34-30-20-19-29(33)31(35-30,27(2)3)26-32-23-21-28(4)22-24-32;1-4-5-6-7-8-9-10-11-12-13-14-15-16-20-23-33-28-24-27(25-31-21-18-17-19-22-31)29(32)30(34-28)26(2)3/h19-20,27-28,30H,5-18,21-26H2,1-4H3;24,26,28,30H,4-23,25H2,1-3H3. The molecule has 4 aliphatic heterocycles. The monoisotopic (exact) mass is 969 g/mol. The Bertz CT molecular complexity index is 1330. The van der Waals surface area contributed by atoms with Gasteiger partial charge in [0.05, 0.1) is 13.2 Å². The van der Waals surface area contributed by atoms with Crippen LogP contribution in [0.1, 0.15) is 260 Å². The lowest BCUT2D eigenvalue weighted by Gasteiger charge is -2.44. The first-order chi connectivity index (χ1) is 33.6. The molecule has 0 saturated carbocycles. The smallest absolute Gasteiger partial charge is 0.189 e. The van der Waals surface area contributed by atoms with Crippen LogP contribution < -0.4 is 0 Å². The first kappa shape index (κ1) is 61.9. The fourth-order valence-corrected chi connectivity index (χ4v) is 10.7. The zero-order valence-electron chi connectivity index (χ0n) is 46.5. The predicted molar refractivity (Wildman–Crippen MR) is 291 cm³/mol. The van der Waals surface area contributed by atoms with E-state index in [2.05, 4.69) is 58.3 Å². The van der Waals surface area contributed by atoms with Gasteiger partial charge in [-0.1, -0.05) is 222 Å². The zero-order chi connectivity index (χ0) is 49.8. The molecule has 2 fully saturated rings. The highest BCUT2D eigenvalue weighted by molar-refractivity contribution is 6.00. The fraction of sp³-hybridized carbons (Fsp3) is 0.902. The largest absolute Gasteiger partial charge is 0.349 e. The molecule has 0 aromatic carbocycles. The molecule has 0 aliphatic carbocycles. The number of ether oxygens (including phenoxy) is 4. The molecule has 8 nitrogen and oxygen atoms in total. The van der Waals surface area contributed by atoms with E-state index in [1.54, 1.807) is 6.08 Å². The van der Waals surface area contributed by atoms with Gasteiger partial charge in [0.2, 0.25) is 0 Å². The molecule has 4 unspecified atom stereocenters. The van der Waals surface area contributed by atoms with Crippen LogP contribution in [0.4, 0.5) is 0 Å². The maximum Gasteiger partial charge on any atom is 0.189 e. The number of hydrogen-bond acceptors (Lipinski definition) is 8. The minimum absolute atomic E-state index is 0.0995. The van der Waals surface area contributed by atoms with Crippen molar-refractivity contribution in [3.05, 3.63) is 23.8 Å². The van der Waals surface area contributed by atoms with Crippen molar-refractivity contribution in [2.75, 3.05) is 52.5 Å². The van der Waals surface area contributed by atoms with Crippen molar-refractivity contribution in [3.63, 3.8) is 0 Å². The van der Waals surface area contributed by atoms with Gasteiger partial charge in [-0.25, -0.2) is 0 Å². The van der Waals surface area contributed by atoms with Gasteiger partial charge in [0.25, 0.3) is 0 Å². The maximum atomic E-state index is 13.0. The lowest BCUT2D eigenvalue weighted by molar-refractivity contribution is -0.212. The molecule has 0 radical (unpaired) electrons.